The molecule has 1 atom stereocenters. The second-order valence-electron chi connectivity index (χ2n) is 6.44. The highest BCUT2D eigenvalue weighted by Gasteiger charge is 2.50. The number of rotatable bonds is 4. The van der Waals surface area contributed by atoms with Crippen molar-refractivity contribution in [2.24, 2.45) is 0 Å². The van der Waals surface area contributed by atoms with E-state index in [1.165, 1.54) is 12.1 Å². The van der Waals surface area contributed by atoms with E-state index in [-0.39, 0.29) is 5.69 Å². The molecule has 4 amide bonds. The van der Waals surface area contributed by atoms with Gasteiger partial charge in [-0.15, -0.1) is 0 Å². The van der Waals surface area contributed by atoms with Gasteiger partial charge in [0.25, 0.3) is 5.91 Å². The van der Waals surface area contributed by atoms with E-state index < -0.39 is 35.7 Å². The number of amides is 4. The van der Waals surface area contributed by atoms with E-state index in [4.69, 9.17) is 0 Å². The van der Waals surface area contributed by atoms with Gasteiger partial charge in [0.2, 0.25) is 5.91 Å². The average molecular weight is 434 g/mol. The number of carbonyl (C=O) groups excluding carboxylic acids is 3. The number of carbonyl (C=O) groups is 3. The number of aryl methyl sites for hydroxylation is 1. The Labute approximate surface area is 163 Å². The molecule has 1 aliphatic rings. The third kappa shape index (κ3) is 3.57. The van der Waals surface area contributed by atoms with Crippen molar-refractivity contribution in [3.63, 3.8) is 0 Å². The van der Waals surface area contributed by atoms with Crippen LogP contribution in [0.5, 0.6) is 0 Å². The van der Waals surface area contributed by atoms with Crippen LogP contribution in [-0.2, 0) is 15.1 Å². The molecule has 1 aliphatic heterocycles. The number of nitrogens with zero attached hydrogens (tertiary/aromatic N) is 1. The van der Waals surface area contributed by atoms with Crippen molar-refractivity contribution in [3.8, 4) is 0 Å². The van der Waals surface area contributed by atoms with Crippen molar-refractivity contribution in [3.05, 3.63) is 63.9 Å². The highest BCUT2D eigenvalue weighted by molar-refractivity contribution is 9.10. The van der Waals surface area contributed by atoms with Gasteiger partial charge >= 0.3 is 6.03 Å². The normalized spacial score (nSPS) is 19.2. The molecule has 140 valence electrons. The second kappa shape index (κ2) is 7.11. The summed E-state index contributed by atoms with van der Waals surface area (Å²) in [5, 5.41) is 5.13. The van der Waals surface area contributed by atoms with Gasteiger partial charge in [-0.05, 0) is 37.6 Å². The summed E-state index contributed by atoms with van der Waals surface area (Å²) in [6.45, 7) is 2.72. The van der Waals surface area contributed by atoms with Gasteiger partial charge in [-0.1, -0.05) is 40.2 Å². The maximum Gasteiger partial charge on any atom is 0.325 e. The largest absolute Gasteiger partial charge is 0.325 e. The quantitative estimate of drug-likeness (QED) is 0.725. The highest BCUT2D eigenvalue weighted by Crippen LogP contribution is 2.33. The van der Waals surface area contributed by atoms with E-state index in [0.717, 1.165) is 4.90 Å². The lowest BCUT2D eigenvalue weighted by atomic mass is 9.92. The standard InChI is InChI=1S/C19H17BrFN3O3/c1-11-7-8-12(9-15(11)21)22-16(25)10-24-17(26)19(2,23-18(24)27)13-5-3-4-6-14(13)20/h3-9H,10H2,1-2H3,(H,22,25)(H,23,27). The minimum atomic E-state index is -1.28. The number of urea groups is 1. The lowest BCUT2D eigenvalue weighted by Gasteiger charge is -2.23. The maximum absolute atomic E-state index is 13.6. The first-order valence-corrected chi connectivity index (χ1v) is 8.97. The summed E-state index contributed by atoms with van der Waals surface area (Å²) in [5.41, 5.74) is 0.00911. The van der Waals surface area contributed by atoms with Gasteiger partial charge in [-0.25, -0.2) is 9.18 Å². The monoisotopic (exact) mass is 433 g/mol. The number of benzene rings is 2. The van der Waals surface area contributed by atoms with Crippen LogP contribution in [0.1, 0.15) is 18.1 Å². The molecule has 27 heavy (non-hydrogen) atoms. The number of nitrogens with one attached hydrogen (secondary N) is 2. The Morgan fingerprint density at radius 3 is 2.63 bits per heavy atom. The van der Waals surface area contributed by atoms with E-state index >= 15 is 0 Å². The van der Waals surface area contributed by atoms with Gasteiger partial charge in [-0.3, -0.25) is 14.5 Å². The van der Waals surface area contributed by atoms with Crippen LogP contribution in [0, 0.1) is 12.7 Å². The molecule has 1 heterocycles. The summed E-state index contributed by atoms with van der Waals surface area (Å²) >= 11 is 3.38. The topological polar surface area (TPSA) is 78.5 Å². The smallest absolute Gasteiger partial charge is 0.324 e. The molecule has 8 heteroatoms. The summed E-state index contributed by atoms with van der Waals surface area (Å²) < 4.78 is 14.3. The van der Waals surface area contributed by atoms with Crippen molar-refractivity contribution >= 4 is 39.5 Å². The van der Waals surface area contributed by atoms with Gasteiger partial charge in [0.05, 0.1) is 0 Å². The number of halogens is 2. The minimum Gasteiger partial charge on any atom is -0.324 e. The van der Waals surface area contributed by atoms with Gasteiger partial charge in [0, 0.05) is 15.7 Å². The van der Waals surface area contributed by atoms with E-state index in [2.05, 4.69) is 26.6 Å². The molecule has 0 bridgehead atoms. The Bertz CT molecular complexity index is 950. The first-order valence-electron chi connectivity index (χ1n) is 8.17. The predicted octanol–water partition coefficient (Wildman–Crippen LogP) is 3.30. The van der Waals surface area contributed by atoms with Crippen LogP contribution >= 0.6 is 15.9 Å². The second-order valence-corrected chi connectivity index (χ2v) is 7.29. The van der Waals surface area contributed by atoms with E-state index in [1.807, 2.05) is 0 Å². The number of anilines is 1. The Balaban J connectivity index is 1.76. The van der Waals surface area contributed by atoms with E-state index in [1.54, 1.807) is 44.2 Å². The molecule has 1 fully saturated rings. The van der Waals surface area contributed by atoms with E-state index in [9.17, 15) is 18.8 Å². The molecule has 2 aromatic rings. The van der Waals surface area contributed by atoms with Crippen LogP contribution in [0.15, 0.2) is 46.9 Å². The Hall–Kier alpha value is -2.74. The van der Waals surface area contributed by atoms with Crippen molar-refractivity contribution in [2.75, 3.05) is 11.9 Å². The van der Waals surface area contributed by atoms with Crippen molar-refractivity contribution < 1.29 is 18.8 Å². The third-order valence-electron chi connectivity index (χ3n) is 4.44. The van der Waals surface area contributed by atoms with Crippen molar-refractivity contribution in [1.82, 2.24) is 10.2 Å². The summed E-state index contributed by atoms with van der Waals surface area (Å²) in [6, 6.07) is 10.6. The van der Waals surface area contributed by atoms with Crippen LogP contribution in [0.4, 0.5) is 14.9 Å². The maximum atomic E-state index is 13.6. The highest BCUT2D eigenvalue weighted by atomic mass is 79.9. The molecule has 1 unspecified atom stereocenters. The lowest BCUT2D eigenvalue weighted by molar-refractivity contribution is -0.133. The fourth-order valence-corrected chi connectivity index (χ4v) is 3.59. The molecule has 2 aromatic carbocycles. The SMILES string of the molecule is Cc1ccc(NC(=O)CN2C(=O)NC(C)(c3ccccc3Br)C2=O)cc1F. The molecule has 0 spiro atoms. The number of imide groups is 1. The van der Waals surface area contributed by atoms with E-state index in [0.29, 0.717) is 15.6 Å². The van der Waals surface area contributed by atoms with Crippen LogP contribution < -0.4 is 10.6 Å². The van der Waals surface area contributed by atoms with Crippen LogP contribution in [-0.4, -0.2) is 29.3 Å². The summed E-state index contributed by atoms with van der Waals surface area (Å²) in [7, 11) is 0. The average Bonchev–Trinajstić information content (AvgIpc) is 2.82. The molecular weight excluding hydrogens is 417 g/mol. The van der Waals surface area contributed by atoms with Gasteiger partial charge < -0.3 is 10.6 Å². The molecule has 6 nitrogen and oxygen atoms in total. The van der Waals surface area contributed by atoms with Crippen molar-refractivity contribution in [1.29, 1.82) is 0 Å². The zero-order valence-corrected chi connectivity index (χ0v) is 16.3. The zero-order valence-electron chi connectivity index (χ0n) is 14.7. The Morgan fingerprint density at radius 1 is 1.26 bits per heavy atom. The number of hydrogen-bond donors (Lipinski definition) is 2. The Morgan fingerprint density at radius 2 is 1.96 bits per heavy atom. The van der Waals surface area contributed by atoms with Gasteiger partial charge in [0.15, 0.2) is 0 Å². The molecule has 0 aliphatic carbocycles. The molecule has 2 N–H and O–H groups in total. The van der Waals surface area contributed by atoms with Crippen LogP contribution in [0.3, 0.4) is 0 Å². The zero-order chi connectivity index (χ0) is 19.8. The lowest BCUT2D eigenvalue weighted by Crippen LogP contribution is -2.42. The molecule has 0 saturated carbocycles. The first kappa shape index (κ1) is 19.0. The van der Waals surface area contributed by atoms with Crippen LogP contribution in [0.2, 0.25) is 0 Å². The molecule has 3 rings (SSSR count). The molecule has 0 radical (unpaired) electrons. The van der Waals surface area contributed by atoms with Gasteiger partial charge in [0.1, 0.15) is 17.9 Å². The van der Waals surface area contributed by atoms with Crippen molar-refractivity contribution in [2.45, 2.75) is 19.4 Å². The fourth-order valence-electron chi connectivity index (χ4n) is 2.90. The molecule has 0 aromatic heterocycles. The first-order chi connectivity index (χ1) is 12.7. The number of hydrogen-bond acceptors (Lipinski definition) is 3. The fraction of sp³-hybridized carbons (Fsp3) is 0.211. The predicted molar refractivity (Wildman–Crippen MR) is 102 cm³/mol. The third-order valence-corrected chi connectivity index (χ3v) is 5.14. The minimum absolute atomic E-state index is 0.253. The summed E-state index contributed by atoms with van der Waals surface area (Å²) in [5.74, 6) is -1.59. The summed E-state index contributed by atoms with van der Waals surface area (Å²) in [4.78, 5) is 38.3. The summed E-state index contributed by atoms with van der Waals surface area (Å²) in [6.07, 6.45) is 0. The molecular formula is C19H17BrFN3O3. The van der Waals surface area contributed by atoms with Crippen LogP contribution in [0.25, 0.3) is 0 Å². The van der Waals surface area contributed by atoms with Gasteiger partial charge in [-0.2, -0.15) is 0 Å². The Kier molecular flexibility index (Phi) is 5.01. The molecule has 1 saturated heterocycles.